The van der Waals surface area contributed by atoms with Gasteiger partial charge in [-0.15, -0.1) is 0 Å². The number of benzene rings is 2. The minimum absolute atomic E-state index is 0.437. The van der Waals surface area contributed by atoms with Crippen molar-refractivity contribution in [3.63, 3.8) is 0 Å². The van der Waals surface area contributed by atoms with Crippen LogP contribution in [0.3, 0.4) is 0 Å². The summed E-state index contributed by atoms with van der Waals surface area (Å²) < 4.78 is 5.41. The van der Waals surface area contributed by atoms with Crippen LogP contribution in [0.2, 0.25) is 0 Å². The fourth-order valence-electron chi connectivity index (χ4n) is 3.16. The molecule has 0 fully saturated rings. The predicted octanol–water partition coefficient (Wildman–Crippen LogP) is 7.05. The van der Waals surface area contributed by atoms with Crippen LogP contribution in [-0.2, 0) is 0 Å². The first kappa shape index (κ1) is 20.8. The number of methoxy groups -OCH3 is 1. The van der Waals surface area contributed by atoms with Crippen LogP contribution < -0.4 is 10.1 Å². The lowest BCUT2D eigenvalue weighted by atomic mass is 9.93. The molecule has 0 unspecified atom stereocenters. The first-order chi connectivity index (χ1) is 12.8. The van der Waals surface area contributed by atoms with Gasteiger partial charge in [-0.2, -0.15) is 0 Å². The van der Waals surface area contributed by atoms with Crippen molar-refractivity contribution in [2.24, 2.45) is 4.99 Å². The summed E-state index contributed by atoms with van der Waals surface area (Å²) in [6.45, 7) is 13.0. The minimum Gasteiger partial charge on any atom is -0.495 e. The fourth-order valence-corrected chi connectivity index (χ4v) is 3.16. The Balaban J connectivity index is 2.35. The second-order valence-electron chi connectivity index (χ2n) is 7.50. The minimum atomic E-state index is 0.437. The van der Waals surface area contributed by atoms with Crippen molar-refractivity contribution in [3.05, 3.63) is 65.4 Å². The number of hydrogen-bond donors (Lipinski definition) is 1. The molecular formula is C24H32N2O. The Morgan fingerprint density at radius 3 is 2.07 bits per heavy atom. The molecule has 144 valence electrons. The van der Waals surface area contributed by atoms with E-state index in [9.17, 15) is 0 Å². The first-order valence-corrected chi connectivity index (χ1v) is 9.60. The van der Waals surface area contributed by atoms with Crippen LogP contribution in [0, 0.1) is 0 Å². The average Bonchev–Trinajstić information content (AvgIpc) is 2.61. The molecule has 1 N–H and O–H groups in total. The van der Waals surface area contributed by atoms with Gasteiger partial charge in [0.15, 0.2) is 0 Å². The highest BCUT2D eigenvalue weighted by atomic mass is 16.5. The van der Waals surface area contributed by atoms with Crippen LogP contribution in [0.25, 0.3) is 0 Å². The van der Waals surface area contributed by atoms with E-state index in [1.807, 2.05) is 31.2 Å². The number of aliphatic imine (C=N–C) groups is 1. The maximum Gasteiger partial charge on any atom is 0.142 e. The van der Waals surface area contributed by atoms with Gasteiger partial charge in [-0.3, -0.25) is 4.99 Å². The summed E-state index contributed by atoms with van der Waals surface area (Å²) in [6, 6.07) is 14.4. The van der Waals surface area contributed by atoms with Crippen LogP contribution in [0.1, 0.15) is 64.5 Å². The van der Waals surface area contributed by atoms with Gasteiger partial charge in [0.2, 0.25) is 0 Å². The monoisotopic (exact) mass is 364 g/mol. The lowest BCUT2D eigenvalue weighted by Crippen LogP contribution is -2.01. The molecule has 0 spiro atoms. The maximum atomic E-state index is 5.41. The molecule has 3 heteroatoms. The van der Waals surface area contributed by atoms with E-state index in [1.165, 1.54) is 11.1 Å². The van der Waals surface area contributed by atoms with E-state index in [2.05, 4.69) is 64.2 Å². The van der Waals surface area contributed by atoms with Gasteiger partial charge in [-0.1, -0.05) is 58.0 Å². The van der Waals surface area contributed by atoms with E-state index >= 15 is 0 Å². The topological polar surface area (TPSA) is 33.6 Å². The Kier molecular flexibility index (Phi) is 7.23. The fraction of sp³-hybridized carbons (Fsp3) is 0.375. The van der Waals surface area contributed by atoms with E-state index in [0.29, 0.717) is 11.8 Å². The van der Waals surface area contributed by atoms with Gasteiger partial charge in [-0.25, -0.2) is 0 Å². The van der Waals surface area contributed by atoms with Crippen LogP contribution in [-0.4, -0.2) is 12.8 Å². The van der Waals surface area contributed by atoms with Crippen molar-refractivity contribution in [2.45, 2.75) is 53.4 Å². The predicted molar refractivity (Wildman–Crippen MR) is 118 cm³/mol. The second-order valence-corrected chi connectivity index (χ2v) is 7.50. The highest BCUT2D eigenvalue weighted by Crippen LogP contribution is 2.35. The molecule has 0 aromatic heterocycles. The third kappa shape index (κ3) is 5.46. The molecule has 0 atom stereocenters. The third-order valence-corrected chi connectivity index (χ3v) is 4.49. The van der Waals surface area contributed by atoms with Crippen LogP contribution in [0.4, 0.5) is 11.4 Å². The zero-order valence-electron chi connectivity index (χ0n) is 17.6. The molecule has 0 saturated carbocycles. The summed E-state index contributed by atoms with van der Waals surface area (Å²) in [5.74, 6) is 1.70. The molecule has 0 heterocycles. The van der Waals surface area contributed by atoms with Crippen LogP contribution in [0.15, 0.2) is 59.2 Å². The number of ether oxygens (including phenoxy) is 1. The standard InChI is InChI=1S/C24H32N2O/c1-16(2)20-11-10-12-21(17(3)4)24(20)26-19(6)15-18(5)25-22-13-8-9-14-23(22)27-7/h8-17,25H,1-7H3/b18-15-,26-19?. The van der Waals surface area contributed by atoms with Crippen molar-refractivity contribution in [1.29, 1.82) is 0 Å². The number of nitrogens with one attached hydrogen (secondary N) is 1. The number of anilines is 1. The molecular weight excluding hydrogens is 332 g/mol. The summed E-state index contributed by atoms with van der Waals surface area (Å²) in [5.41, 5.74) is 6.65. The van der Waals surface area contributed by atoms with E-state index in [-0.39, 0.29) is 0 Å². The van der Waals surface area contributed by atoms with Gasteiger partial charge in [0, 0.05) is 11.4 Å². The molecule has 3 nitrogen and oxygen atoms in total. The van der Waals surface area contributed by atoms with Crippen LogP contribution in [0.5, 0.6) is 5.75 Å². The highest BCUT2D eigenvalue weighted by Gasteiger charge is 2.13. The first-order valence-electron chi connectivity index (χ1n) is 9.60. The summed E-state index contributed by atoms with van der Waals surface area (Å²) in [6.07, 6.45) is 2.08. The second kappa shape index (κ2) is 9.40. The number of rotatable bonds is 7. The zero-order chi connectivity index (χ0) is 20.0. The lowest BCUT2D eigenvalue weighted by Gasteiger charge is -2.17. The maximum absolute atomic E-state index is 5.41. The molecule has 0 aliphatic carbocycles. The van der Waals surface area contributed by atoms with Gasteiger partial charge in [0.25, 0.3) is 0 Å². The van der Waals surface area contributed by atoms with E-state index in [0.717, 1.165) is 28.5 Å². The van der Waals surface area contributed by atoms with E-state index in [4.69, 9.17) is 9.73 Å². The molecule has 0 aliphatic rings. The van der Waals surface area contributed by atoms with Crippen molar-refractivity contribution < 1.29 is 4.74 Å². The SMILES string of the molecule is COc1ccccc1N/C(C)=C\C(C)=Nc1c(C(C)C)cccc1C(C)C. The summed E-state index contributed by atoms with van der Waals surface area (Å²) in [5, 5.41) is 3.41. The van der Waals surface area contributed by atoms with Gasteiger partial charge in [0.05, 0.1) is 18.5 Å². The van der Waals surface area contributed by atoms with Crippen molar-refractivity contribution >= 4 is 17.1 Å². The number of hydrogen-bond acceptors (Lipinski definition) is 3. The lowest BCUT2D eigenvalue weighted by molar-refractivity contribution is 0.416. The molecule has 0 amide bonds. The molecule has 2 rings (SSSR count). The van der Waals surface area contributed by atoms with E-state index in [1.54, 1.807) is 7.11 Å². The Morgan fingerprint density at radius 1 is 0.926 bits per heavy atom. The normalized spacial score (nSPS) is 12.6. The quantitative estimate of drug-likeness (QED) is 0.534. The average molecular weight is 365 g/mol. The summed E-state index contributed by atoms with van der Waals surface area (Å²) in [7, 11) is 1.68. The largest absolute Gasteiger partial charge is 0.495 e. The van der Waals surface area contributed by atoms with Gasteiger partial charge in [-0.05, 0) is 55.0 Å². The molecule has 27 heavy (non-hydrogen) atoms. The van der Waals surface area contributed by atoms with Crippen molar-refractivity contribution in [1.82, 2.24) is 0 Å². The summed E-state index contributed by atoms with van der Waals surface area (Å²) >= 11 is 0. The van der Waals surface area contributed by atoms with Gasteiger partial charge < -0.3 is 10.1 Å². The van der Waals surface area contributed by atoms with Crippen LogP contribution >= 0.6 is 0 Å². The molecule has 0 aliphatic heterocycles. The summed E-state index contributed by atoms with van der Waals surface area (Å²) in [4.78, 5) is 4.99. The molecule has 2 aromatic carbocycles. The number of para-hydroxylation sites is 3. The zero-order valence-corrected chi connectivity index (χ0v) is 17.6. The Hall–Kier alpha value is -2.55. The van der Waals surface area contributed by atoms with Crippen molar-refractivity contribution in [3.8, 4) is 5.75 Å². The van der Waals surface area contributed by atoms with Gasteiger partial charge in [0.1, 0.15) is 5.75 Å². The molecule has 2 aromatic rings. The third-order valence-electron chi connectivity index (χ3n) is 4.49. The smallest absolute Gasteiger partial charge is 0.142 e. The number of nitrogens with zero attached hydrogens (tertiary/aromatic N) is 1. The molecule has 0 radical (unpaired) electrons. The van der Waals surface area contributed by atoms with E-state index < -0.39 is 0 Å². The Morgan fingerprint density at radius 2 is 1.52 bits per heavy atom. The van der Waals surface area contributed by atoms with Crippen molar-refractivity contribution in [2.75, 3.05) is 12.4 Å². The Bertz CT molecular complexity index is 806. The molecule has 0 bridgehead atoms. The highest BCUT2D eigenvalue weighted by molar-refractivity contribution is 5.96. The number of allylic oxidation sites excluding steroid dienone is 2. The Labute approximate surface area is 164 Å². The van der Waals surface area contributed by atoms with Gasteiger partial charge >= 0.3 is 0 Å². The molecule has 0 saturated heterocycles.